The van der Waals surface area contributed by atoms with Gasteiger partial charge in [0.15, 0.2) is 5.96 Å². The summed E-state index contributed by atoms with van der Waals surface area (Å²) in [6.07, 6.45) is 1.18. The van der Waals surface area contributed by atoms with Crippen molar-refractivity contribution in [3.05, 3.63) is 35.4 Å². The summed E-state index contributed by atoms with van der Waals surface area (Å²) in [7, 11) is 0. The third-order valence-electron chi connectivity index (χ3n) is 6.11. The maximum absolute atomic E-state index is 5.55. The molecule has 2 heterocycles. The molecule has 1 unspecified atom stereocenters. The second-order valence-corrected chi connectivity index (χ2v) is 9.21. The number of aliphatic imine (C=N–C) groups is 1. The van der Waals surface area contributed by atoms with E-state index in [2.05, 4.69) is 65.5 Å². The molecule has 0 spiro atoms. The Bertz CT molecular complexity index is 674. The van der Waals surface area contributed by atoms with Crippen LogP contribution in [0.25, 0.3) is 0 Å². The molecule has 0 amide bonds. The number of benzene rings is 1. The van der Waals surface area contributed by atoms with Gasteiger partial charge in [0.05, 0.1) is 33.0 Å². The van der Waals surface area contributed by atoms with Gasteiger partial charge in [0, 0.05) is 51.9 Å². The summed E-state index contributed by atoms with van der Waals surface area (Å²) in [4.78, 5) is 9.86. The zero-order valence-electron chi connectivity index (χ0n) is 20.7. The minimum Gasteiger partial charge on any atom is -0.379 e. The first-order valence-electron chi connectivity index (χ1n) is 12.4. The van der Waals surface area contributed by atoms with E-state index in [1.807, 2.05) is 0 Å². The fraction of sp³-hybridized carbons (Fsp3) is 0.720. The highest BCUT2D eigenvalue weighted by atomic mass is 127. The molecule has 0 aliphatic carbocycles. The van der Waals surface area contributed by atoms with Gasteiger partial charge < -0.3 is 20.1 Å². The van der Waals surface area contributed by atoms with E-state index in [1.165, 1.54) is 17.5 Å². The largest absolute Gasteiger partial charge is 0.379 e. The predicted octanol–water partition coefficient (Wildman–Crippen LogP) is 2.94. The Balaban J connectivity index is 0.00000385. The maximum Gasteiger partial charge on any atom is 0.191 e. The first kappa shape index (κ1) is 28.3. The van der Waals surface area contributed by atoms with Gasteiger partial charge in [-0.3, -0.25) is 9.80 Å². The first-order chi connectivity index (χ1) is 15.6. The molecule has 0 bridgehead atoms. The monoisotopic (exact) mass is 573 g/mol. The fourth-order valence-electron chi connectivity index (χ4n) is 4.34. The lowest BCUT2D eigenvalue weighted by Gasteiger charge is -2.35. The number of morpholine rings is 2. The van der Waals surface area contributed by atoms with Crippen molar-refractivity contribution in [3.63, 3.8) is 0 Å². The van der Waals surface area contributed by atoms with Crippen molar-refractivity contribution in [2.45, 2.75) is 46.3 Å². The Hall–Kier alpha value is -0.940. The van der Waals surface area contributed by atoms with Crippen LogP contribution < -0.4 is 10.6 Å². The number of ether oxygens (including phenoxy) is 2. The van der Waals surface area contributed by atoms with E-state index in [-0.39, 0.29) is 24.0 Å². The second kappa shape index (κ2) is 15.9. The van der Waals surface area contributed by atoms with Gasteiger partial charge in [0.1, 0.15) is 0 Å². The highest BCUT2D eigenvalue weighted by Crippen LogP contribution is 2.13. The molecule has 3 rings (SSSR count). The Labute approximate surface area is 217 Å². The smallest absolute Gasteiger partial charge is 0.191 e. The number of halogens is 1. The Kier molecular flexibility index (Phi) is 13.6. The van der Waals surface area contributed by atoms with Crippen molar-refractivity contribution in [1.29, 1.82) is 0 Å². The summed E-state index contributed by atoms with van der Waals surface area (Å²) < 4.78 is 11.0. The standard InChI is InChI=1S/C25H43N5O2.HI/c1-4-26-25(28-19-24(17-21(2)3)30-11-15-32-16-12-30)27-18-22-5-7-23(8-6-22)20-29-9-13-31-14-10-29;/h5-8,21,24H,4,9-20H2,1-3H3,(H2,26,27,28);1H. The number of nitrogens with zero attached hydrogens (tertiary/aromatic N) is 3. The van der Waals surface area contributed by atoms with E-state index in [1.54, 1.807) is 0 Å². The van der Waals surface area contributed by atoms with Gasteiger partial charge in [-0.1, -0.05) is 38.1 Å². The van der Waals surface area contributed by atoms with Crippen LogP contribution in [0.1, 0.15) is 38.3 Å². The Morgan fingerprint density at radius 1 is 0.939 bits per heavy atom. The molecular weight excluding hydrogens is 529 g/mol. The molecule has 2 aliphatic rings. The molecule has 0 radical (unpaired) electrons. The molecule has 0 aromatic heterocycles. The molecule has 2 fully saturated rings. The van der Waals surface area contributed by atoms with Gasteiger partial charge in [0.2, 0.25) is 0 Å². The number of hydrogen-bond donors (Lipinski definition) is 2. The normalized spacial score (nSPS) is 19.2. The van der Waals surface area contributed by atoms with E-state index in [4.69, 9.17) is 14.5 Å². The van der Waals surface area contributed by atoms with Crippen LogP contribution in [0.4, 0.5) is 0 Å². The van der Waals surface area contributed by atoms with Gasteiger partial charge in [-0.25, -0.2) is 4.99 Å². The molecular formula is C25H44IN5O2. The van der Waals surface area contributed by atoms with E-state index in [0.29, 0.717) is 18.5 Å². The van der Waals surface area contributed by atoms with Crippen LogP contribution in [-0.2, 0) is 22.6 Å². The molecule has 2 aliphatic heterocycles. The minimum atomic E-state index is 0. The molecule has 1 aromatic carbocycles. The van der Waals surface area contributed by atoms with Crippen molar-refractivity contribution in [3.8, 4) is 0 Å². The summed E-state index contributed by atoms with van der Waals surface area (Å²) in [5.41, 5.74) is 2.59. The first-order valence-corrected chi connectivity index (χ1v) is 12.4. The summed E-state index contributed by atoms with van der Waals surface area (Å²) in [5, 5.41) is 7.00. The van der Waals surface area contributed by atoms with Crippen molar-refractivity contribution in [1.82, 2.24) is 20.4 Å². The van der Waals surface area contributed by atoms with Gasteiger partial charge >= 0.3 is 0 Å². The number of rotatable bonds is 10. The number of nitrogens with one attached hydrogen (secondary N) is 2. The quantitative estimate of drug-likeness (QED) is 0.255. The molecule has 1 aromatic rings. The van der Waals surface area contributed by atoms with Crippen LogP contribution in [0, 0.1) is 5.92 Å². The van der Waals surface area contributed by atoms with Crippen molar-refractivity contribution >= 4 is 29.9 Å². The van der Waals surface area contributed by atoms with E-state index < -0.39 is 0 Å². The fourth-order valence-corrected chi connectivity index (χ4v) is 4.34. The third kappa shape index (κ3) is 10.5. The van der Waals surface area contributed by atoms with Crippen molar-refractivity contribution in [2.24, 2.45) is 10.9 Å². The molecule has 7 nitrogen and oxygen atoms in total. The molecule has 188 valence electrons. The molecule has 0 saturated carbocycles. The second-order valence-electron chi connectivity index (χ2n) is 9.21. The van der Waals surface area contributed by atoms with Crippen molar-refractivity contribution < 1.29 is 9.47 Å². The minimum absolute atomic E-state index is 0. The molecule has 8 heteroatoms. The molecule has 33 heavy (non-hydrogen) atoms. The summed E-state index contributed by atoms with van der Waals surface area (Å²) in [6, 6.07) is 9.38. The van der Waals surface area contributed by atoms with Gasteiger partial charge in [-0.05, 0) is 30.4 Å². The lowest BCUT2D eigenvalue weighted by molar-refractivity contribution is 0.0132. The lowest BCUT2D eigenvalue weighted by Crippen LogP contribution is -2.51. The Morgan fingerprint density at radius 3 is 2.15 bits per heavy atom. The van der Waals surface area contributed by atoms with E-state index >= 15 is 0 Å². The highest BCUT2D eigenvalue weighted by molar-refractivity contribution is 14.0. The van der Waals surface area contributed by atoms with Crippen LogP contribution in [0.15, 0.2) is 29.3 Å². The van der Waals surface area contributed by atoms with Gasteiger partial charge in [-0.15, -0.1) is 24.0 Å². The van der Waals surface area contributed by atoms with Crippen molar-refractivity contribution in [2.75, 3.05) is 65.7 Å². The average molecular weight is 574 g/mol. The van der Waals surface area contributed by atoms with Crippen LogP contribution >= 0.6 is 24.0 Å². The van der Waals surface area contributed by atoms with Gasteiger partial charge in [0.25, 0.3) is 0 Å². The van der Waals surface area contributed by atoms with Crippen LogP contribution in [-0.4, -0.2) is 87.5 Å². The SMILES string of the molecule is CCNC(=NCc1ccc(CN2CCOCC2)cc1)NCC(CC(C)C)N1CCOCC1.I. The maximum atomic E-state index is 5.55. The lowest BCUT2D eigenvalue weighted by atomic mass is 10.0. The van der Waals surface area contributed by atoms with Crippen LogP contribution in [0.3, 0.4) is 0 Å². The zero-order chi connectivity index (χ0) is 22.6. The van der Waals surface area contributed by atoms with Crippen LogP contribution in [0.5, 0.6) is 0 Å². The number of hydrogen-bond acceptors (Lipinski definition) is 5. The van der Waals surface area contributed by atoms with Gasteiger partial charge in [-0.2, -0.15) is 0 Å². The van der Waals surface area contributed by atoms with E-state index in [0.717, 1.165) is 78.2 Å². The zero-order valence-corrected chi connectivity index (χ0v) is 23.1. The van der Waals surface area contributed by atoms with E-state index in [9.17, 15) is 0 Å². The molecule has 1 atom stereocenters. The highest BCUT2D eigenvalue weighted by Gasteiger charge is 2.22. The molecule has 2 N–H and O–H groups in total. The predicted molar refractivity (Wildman–Crippen MR) is 146 cm³/mol. The average Bonchev–Trinajstić information content (AvgIpc) is 2.82. The Morgan fingerprint density at radius 2 is 1.55 bits per heavy atom. The topological polar surface area (TPSA) is 61.4 Å². The third-order valence-corrected chi connectivity index (χ3v) is 6.11. The number of guanidine groups is 1. The molecule has 2 saturated heterocycles. The van der Waals surface area contributed by atoms with Crippen LogP contribution in [0.2, 0.25) is 0 Å². The summed E-state index contributed by atoms with van der Waals surface area (Å²) >= 11 is 0. The summed E-state index contributed by atoms with van der Waals surface area (Å²) in [5.74, 6) is 1.56. The summed E-state index contributed by atoms with van der Waals surface area (Å²) in [6.45, 7) is 17.6.